The van der Waals surface area contributed by atoms with Crippen LogP contribution in [0.1, 0.15) is 0 Å². The summed E-state index contributed by atoms with van der Waals surface area (Å²) >= 11 is 0. The quantitative estimate of drug-likeness (QED) is 0.163. The molecule has 0 radical (unpaired) electrons. The summed E-state index contributed by atoms with van der Waals surface area (Å²) in [7, 11) is 0. The zero-order valence-corrected chi connectivity index (χ0v) is 32.1. The van der Waals surface area contributed by atoms with Crippen molar-refractivity contribution in [2.24, 2.45) is 0 Å². The van der Waals surface area contributed by atoms with Gasteiger partial charge < -0.3 is 0 Å². The van der Waals surface area contributed by atoms with Crippen LogP contribution in [0, 0.1) is 0 Å². The Labute approximate surface area is 342 Å². The zero-order chi connectivity index (χ0) is 39.1. The lowest BCUT2D eigenvalue weighted by Gasteiger charge is -2.14. The van der Waals surface area contributed by atoms with Crippen molar-refractivity contribution in [1.29, 1.82) is 0 Å². The van der Waals surface area contributed by atoms with Crippen LogP contribution in [0.25, 0.3) is 106 Å². The maximum atomic E-state index is 5.25. The molecular weight excluding hydrogens is 717 g/mol. The Bertz CT molecular complexity index is 3280. The van der Waals surface area contributed by atoms with Gasteiger partial charge in [-0.15, -0.1) is 0 Å². The van der Waals surface area contributed by atoms with E-state index in [2.05, 4.69) is 199 Å². The summed E-state index contributed by atoms with van der Waals surface area (Å²) in [4.78, 5) is 15.5. The summed E-state index contributed by atoms with van der Waals surface area (Å²) < 4.78 is 2.19. The van der Waals surface area contributed by atoms with Gasteiger partial charge >= 0.3 is 0 Å². The fourth-order valence-corrected chi connectivity index (χ4v) is 8.40. The second-order valence-corrected chi connectivity index (χ2v) is 14.8. The Morgan fingerprint density at radius 1 is 0.288 bits per heavy atom. The average molecular weight is 753 g/mol. The molecule has 0 saturated carbocycles. The maximum Gasteiger partial charge on any atom is 0.238 e. The van der Waals surface area contributed by atoms with Crippen molar-refractivity contribution in [3.05, 3.63) is 218 Å². The molecule has 0 N–H and O–H groups in total. The number of benzene rings is 9. The molecule has 4 heteroatoms. The van der Waals surface area contributed by atoms with Gasteiger partial charge in [-0.2, -0.15) is 9.97 Å². The SMILES string of the molecule is c1ccc(-c2ccc(-c3cccc4cccc(-c5ccc(-c6nc(-c7ccccc7)nc(-n7c8ccccc8c8ccc(-c9ccccc9)cc87)n6)cc5)c34)cc2)cc1. The molecule has 276 valence electrons. The van der Waals surface area contributed by atoms with Crippen molar-refractivity contribution in [1.82, 2.24) is 19.5 Å². The van der Waals surface area contributed by atoms with E-state index in [1.54, 1.807) is 0 Å². The van der Waals surface area contributed by atoms with Crippen molar-refractivity contribution in [3.63, 3.8) is 0 Å². The Balaban J connectivity index is 1.04. The van der Waals surface area contributed by atoms with Gasteiger partial charge in [-0.25, -0.2) is 4.98 Å². The fourth-order valence-electron chi connectivity index (χ4n) is 8.40. The third-order valence-corrected chi connectivity index (χ3v) is 11.3. The number of aromatic nitrogens is 4. The lowest BCUT2D eigenvalue weighted by atomic mass is 9.90. The third-order valence-electron chi connectivity index (χ3n) is 11.3. The largest absolute Gasteiger partial charge is 0.278 e. The molecule has 0 aliphatic heterocycles. The molecule has 0 saturated heterocycles. The van der Waals surface area contributed by atoms with Crippen molar-refractivity contribution in [2.45, 2.75) is 0 Å². The van der Waals surface area contributed by atoms with E-state index in [1.165, 1.54) is 38.6 Å². The molecule has 4 nitrogen and oxygen atoms in total. The van der Waals surface area contributed by atoms with E-state index >= 15 is 0 Å². The molecule has 0 fully saturated rings. The summed E-state index contributed by atoms with van der Waals surface area (Å²) in [6.45, 7) is 0. The van der Waals surface area contributed by atoms with Crippen LogP contribution in [0.4, 0.5) is 0 Å². The van der Waals surface area contributed by atoms with Crippen LogP contribution < -0.4 is 0 Å². The molecule has 0 aliphatic rings. The molecule has 0 unspecified atom stereocenters. The first-order valence-electron chi connectivity index (χ1n) is 19.9. The second-order valence-electron chi connectivity index (χ2n) is 14.8. The van der Waals surface area contributed by atoms with E-state index in [1.807, 2.05) is 24.3 Å². The first-order chi connectivity index (χ1) is 29.2. The highest BCUT2D eigenvalue weighted by Crippen LogP contribution is 2.39. The first kappa shape index (κ1) is 34.3. The van der Waals surface area contributed by atoms with Crippen LogP contribution in [-0.4, -0.2) is 19.5 Å². The fraction of sp³-hybridized carbons (Fsp3) is 0. The van der Waals surface area contributed by atoms with Gasteiger partial charge in [-0.3, -0.25) is 4.57 Å². The maximum absolute atomic E-state index is 5.25. The molecule has 0 amide bonds. The van der Waals surface area contributed by atoms with Crippen molar-refractivity contribution >= 4 is 32.6 Å². The minimum Gasteiger partial charge on any atom is -0.278 e. The van der Waals surface area contributed by atoms with E-state index in [0.29, 0.717) is 17.6 Å². The Hall–Kier alpha value is -7.95. The van der Waals surface area contributed by atoms with E-state index in [-0.39, 0.29) is 0 Å². The molecule has 2 aromatic heterocycles. The first-order valence-corrected chi connectivity index (χ1v) is 19.9. The summed E-state index contributed by atoms with van der Waals surface area (Å²) in [5.41, 5.74) is 13.3. The highest BCUT2D eigenvalue weighted by atomic mass is 15.2. The number of rotatable bonds is 7. The predicted molar refractivity (Wildman–Crippen MR) is 244 cm³/mol. The highest BCUT2D eigenvalue weighted by Gasteiger charge is 2.19. The van der Waals surface area contributed by atoms with Crippen LogP contribution >= 0.6 is 0 Å². The number of para-hydroxylation sites is 1. The van der Waals surface area contributed by atoms with Gasteiger partial charge in [0.2, 0.25) is 5.95 Å². The molecule has 0 aliphatic carbocycles. The Morgan fingerprint density at radius 3 is 1.34 bits per heavy atom. The van der Waals surface area contributed by atoms with Crippen LogP contribution in [-0.2, 0) is 0 Å². The number of hydrogen-bond acceptors (Lipinski definition) is 3. The minimum absolute atomic E-state index is 0.575. The van der Waals surface area contributed by atoms with E-state index in [0.717, 1.165) is 49.6 Å². The summed E-state index contributed by atoms with van der Waals surface area (Å²) in [5.74, 6) is 1.81. The molecule has 2 heterocycles. The molecular formula is C55H36N4. The van der Waals surface area contributed by atoms with Gasteiger partial charge in [0, 0.05) is 21.9 Å². The second kappa shape index (κ2) is 14.5. The number of hydrogen-bond donors (Lipinski definition) is 0. The smallest absolute Gasteiger partial charge is 0.238 e. The van der Waals surface area contributed by atoms with Gasteiger partial charge in [0.1, 0.15) is 0 Å². The lowest BCUT2D eigenvalue weighted by molar-refractivity contribution is 0.953. The van der Waals surface area contributed by atoms with Crippen LogP contribution in [0.15, 0.2) is 218 Å². The van der Waals surface area contributed by atoms with E-state index in [4.69, 9.17) is 15.0 Å². The van der Waals surface area contributed by atoms with Gasteiger partial charge in [0.15, 0.2) is 11.6 Å². The monoisotopic (exact) mass is 752 g/mol. The van der Waals surface area contributed by atoms with Crippen molar-refractivity contribution in [2.75, 3.05) is 0 Å². The van der Waals surface area contributed by atoms with Crippen LogP contribution in [0.5, 0.6) is 0 Å². The third kappa shape index (κ3) is 6.24. The number of nitrogens with zero attached hydrogens (tertiary/aromatic N) is 4. The summed E-state index contributed by atoms with van der Waals surface area (Å²) in [5, 5.41) is 4.73. The Kier molecular flexibility index (Phi) is 8.45. The molecule has 11 aromatic rings. The number of fused-ring (bicyclic) bond motifs is 4. The van der Waals surface area contributed by atoms with Gasteiger partial charge in [0.05, 0.1) is 11.0 Å². The van der Waals surface area contributed by atoms with Crippen molar-refractivity contribution in [3.8, 4) is 73.2 Å². The summed E-state index contributed by atoms with van der Waals surface area (Å²) in [6, 6.07) is 77.1. The van der Waals surface area contributed by atoms with Crippen LogP contribution in [0.3, 0.4) is 0 Å². The van der Waals surface area contributed by atoms with E-state index < -0.39 is 0 Å². The topological polar surface area (TPSA) is 43.6 Å². The predicted octanol–water partition coefficient (Wildman–Crippen LogP) is 14.1. The molecule has 9 aromatic carbocycles. The molecule has 0 spiro atoms. The van der Waals surface area contributed by atoms with Gasteiger partial charge in [-0.1, -0.05) is 206 Å². The normalized spacial score (nSPS) is 11.4. The molecule has 0 atom stereocenters. The van der Waals surface area contributed by atoms with Gasteiger partial charge in [-0.05, 0) is 67.4 Å². The standard InChI is InChI=1S/C55H36N4/c1-4-14-37(15-5-1)39-26-28-40(29-27-39)46-23-12-20-42-21-13-24-47(52(42)46)41-30-32-44(33-31-41)54-56-53(43-18-8-3-9-19-43)57-55(58-54)59-50-25-11-10-22-48(50)49-35-34-45(36-51(49)59)38-16-6-2-7-17-38/h1-36H. The molecule has 0 bridgehead atoms. The molecule has 59 heavy (non-hydrogen) atoms. The van der Waals surface area contributed by atoms with Crippen LogP contribution in [0.2, 0.25) is 0 Å². The highest BCUT2D eigenvalue weighted by molar-refractivity contribution is 6.10. The lowest BCUT2D eigenvalue weighted by Crippen LogP contribution is -2.06. The minimum atomic E-state index is 0.575. The average Bonchev–Trinajstić information content (AvgIpc) is 3.66. The zero-order valence-electron chi connectivity index (χ0n) is 32.1. The summed E-state index contributed by atoms with van der Waals surface area (Å²) in [6.07, 6.45) is 0. The van der Waals surface area contributed by atoms with Crippen molar-refractivity contribution < 1.29 is 0 Å². The Morgan fingerprint density at radius 2 is 0.729 bits per heavy atom. The molecule has 11 rings (SSSR count). The van der Waals surface area contributed by atoms with E-state index in [9.17, 15) is 0 Å². The van der Waals surface area contributed by atoms with Gasteiger partial charge in [0.25, 0.3) is 0 Å².